The summed E-state index contributed by atoms with van der Waals surface area (Å²) >= 11 is 5.96. The summed E-state index contributed by atoms with van der Waals surface area (Å²) in [7, 11) is 0. The molecule has 0 spiro atoms. The molecule has 2 N–H and O–H groups in total. The Kier molecular flexibility index (Phi) is 2.95. The summed E-state index contributed by atoms with van der Waals surface area (Å²) < 4.78 is 0. The van der Waals surface area contributed by atoms with E-state index in [1.165, 1.54) is 10.9 Å². The van der Waals surface area contributed by atoms with Crippen LogP contribution in [-0.4, -0.2) is 4.98 Å². The molecule has 0 saturated heterocycles. The van der Waals surface area contributed by atoms with Crippen molar-refractivity contribution in [1.29, 1.82) is 0 Å². The van der Waals surface area contributed by atoms with E-state index in [0.717, 1.165) is 22.9 Å². The molecule has 90 valence electrons. The van der Waals surface area contributed by atoms with Crippen LogP contribution in [0.2, 0.25) is 5.02 Å². The second-order valence-electron chi connectivity index (χ2n) is 4.25. The van der Waals surface area contributed by atoms with Gasteiger partial charge in [0.25, 0.3) is 0 Å². The Labute approximate surface area is 111 Å². The van der Waals surface area contributed by atoms with Gasteiger partial charge in [0.05, 0.1) is 0 Å². The van der Waals surface area contributed by atoms with Gasteiger partial charge in [-0.3, -0.25) is 0 Å². The van der Waals surface area contributed by atoms with Crippen LogP contribution >= 0.6 is 11.6 Å². The molecule has 3 aromatic rings. The van der Waals surface area contributed by atoms with Gasteiger partial charge in [0.15, 0.2) is 0 Å². The van der Waals surface area contributed by atoms with Gasteiger partial charge in [-0.2, -0.15) is 0 Å². The fourth-order valence-corrected chi connectivity index (χ4v) is 2.23. The van der Waals surface area contributed by atoms with Crippen LogP contribution in [0.3, 0.4) is 0 Å². The number of para-hydroxylation sites is 1. The molecule has 0 bridgehead atoms. The lowest BCUT2D eigenvalue weighted by Crippen LogP contribution is -1.99. The number of hydrogen-bond acceptors (Lipinski definition) is 1. The Morgan fingerprint density at radius 1 is 1.00 bits per heavy atom. The first-order valence-corrected chi connectivity index (χ1v) is 6.25. The topological polar surface area (TPSA) is 27.8 Å². The molecule has 0 saturated carbocycles. The van der Waals surface area contributed by atoms with Crippen molar-refractivity contribution in [3.63, 3.8) is 0 Å². The maximum absolute atomic E-state index is 5.96. The maximum Gasteiger partial charge on any atom is 0.104 e. The van der Waals surface area contributed by atoms with Gasteiger partial charge in [0.2, 0.25) is 0 Å². The van der Waals surface area contributed by atoms with E-state index < -0.39 is 0 Å². The van der Waals surface area contributed by atoms with Crippen molar-refractivity contribution in [3.05, 3.63) is 65.2 Å². The van der Waals surface area contributed by atoms with Crippen LogP contribution in [0.4, 0.5) is 5.82 Å². The monoisotopic (exact) mass is 256 g/mol. The van der Waals surface area contributed by atoms with E-state index in [-0.39, 0.29) is 0 Å². The fraction of sp³-hybridized carbons (Fsp3) is 0.0667. The number of anilines is 1. The number of nitrogens with one attached hydrogen (secondary N) is 2. The van der Waals surface area contributed by atoms with E-state index >= 15 is 0 Å². The van der Waals surface area contributed by atoms with Gasteiger partial charge in [-0.05, 0) is 29.8 Å². The average Bonchev–Trinajstić information content (AvgIpc) is 2.79. The molecule has 0 aliphatic rings. The zero-order chi connectivity index (χ0) is 12.4. The SMILES string of the molecule is Clc1cccc(CNc2cc3ccccc3[nH]2)c1. The third kappa shape index (κ3) is 2.34. The number of aromatic nitrogens is 1. The number of rotatable bonds is 3. The lowest BCUT2D eigenvalue weighted by atomic mass is 10.2. The molecule has 0 unspecified atom stereocenters. The van der Waals surface area contributed by atoms with Crippen LogP contribution in [0.15, 0.2) is 54.6 Å². The van der Waals surface area contributed by atoms with Crippen LogP contribution in [0.1, 0.15) is 5.56 Å². The lowest BCUT2D eigenvalue weighted by molar-refractivity contribution is 1.13. The smallest absolute Gasteiger partial charge is 0.104 e. The van der Waals surface area contributed by atoms with E-state index in [4.69, 9.17) is 11.6 Å². The summed E-state index contributed by atoms with van der Waals surface area (Å²) in [4.78, 5) is 3.34. The average molecular weight is 257 g/mol. The minimum Gasteiger partial charge on any atom is -0.368 e. The molecule has 0 fully saturated rings. The van der Waals surface area contributed by atoms with Gasteiger partial charge in [-0.1, -0.05) is 41.9 Å². The molecule has 18 heavy (non-hydrogen) atoms. The fourth-order valence-electron chi connectivity index (χ4n) is 2.01. The number of halogens is 1. The summed E-state index contributed by atoms with van der Waals surface area (Å²) in [6.45, 7) is 0.757. The second kappa shape index (κ2) is 4.75. The zero-order valence-electron chi connectivity index (χ0n) is 9.78. The van der Waals surface area contributed by atoms with Crippen molar-refractivity contribution in [2.24, 2.45) is 0 Å². The Bertz CT molecular complexity index is 640. The molecule has 0 aliphatic heterocycles. The number of benzene rings is 2. The Hall–Kier alpha value is -1.93. The van der Waals surface area contributed by atoms with Gasteiger partial charge in [0, 0.05) is 22.5 Å². The Balaban J connectivity index is 1.76. The highest BCUT2D eigenvalue weighted by molar-refractivity contribution is 6.30. The maximum atomic E-state index is 5.96. The first-order valence-electron chi connectivity index (χ1n) is 5.87. The number of H-pyrrole nitrogens is 1. The standard InChI is InChI=1S/C15H13ClN2/c16-13-6-3-4-11(8-13)10-17-15-9-12-5-1-2-7-14(12)18-15/h1-9,17-18H,10H2. The van der Waals surface area contributed by atoms with Crippen LogP contribution in [-0.2, 0) is 6.54 Å². The molecule has 0 atom stereocenters. The summed E-state index contributed by atoms with van der Waals surface area (Å²) in [5.41, 5.74) is 2.31. The molecule has 1 aromatic heterocycles. The van der Waals surface area contributed by atoms with Crippen molar-refractivity contribution in [1.82, 2.24) is 4.98 Å². The van der Waals surface area contributed by atoms with Gasteiger partial charge in [0.1, 0.15) is 5.82 Å². The first-order chi connectivity index (χ1) is 8.81. The van der Waals surface area contributed by atoms with Crippen LogP contribution in [0, 0.1) is 0 Å². The Morgan fingerprint density at radius 2 is 1.89 bits per heavy atom. The van der Waals surface area contributed by atoms with E-state index in [9.17, 15) is 0 Å². The van der Waals surface area contributed by atoms with Crippen molar-refractivity contribution >= 4 is 28.3 Å². The highest BCUT2D eigenvalue weighted by Crippen LogP contribution is 2.19. The van der Waals surface area contributed by atoms with Gasteiger partial charge in [-0.15, -0.1) is 0 Å². The van der Waals surface area contributed by atoms with Crippen molar-refractivity contribution in [3.8, 4) is 0 Å². The largest absolute Gasteiger partial charge is 0.368 e. The molecule has 1 heterocycles. The van der Waals surface area contributed by atoms with E-state index in [1.807, 2.05) is 30.3 Å². The van der Waals surface area contributed by atoms with E-state index in [0.29, 0.717) is 0 Å². The quantitative estimate of drug-likeness (QED) is 0.713. The number of fused-ring (bicyclic) bond motifs is 1. The predicted octanol–water partition coefficient (Wildman–Crippen LogP) is 4.43. The molecule has 3 heteroatoms. The normalized spacial score (nSPS) is 10.7. The molecule has 0 amide bonds. The van der Waals surface area contributed by atoms with Gasteiger partial charge < -0.3 is 10.3 Å². The first kappa shape index (κ1) is 11.2. The minimum absolute atomic E-state index is 0.757. The highest BCUT2D eigenvalue weighted by atomic mass is 35.5. The summed E-state index contributed by atoms with van der Waals surface area (Å²) in [6.07, 6.45) is 0. The molecule has 3 rings (SSSR count). The number of hydrogen-bond donors (Lipinski definition) is 2. The highest BCUT2D eigenvalue weighted by Gasteiger charge is 1.99. The van der Waals surface area contributed by atoms with Crippen molar-refractivity contribution < 1.29 is 0 Å². The molecular weight excluding hydrogens is 244 g/mol. The van der Waals surface area contributed by atoms with Crippen molar-refractivity contribution in [2.45, 2.75) is 6.54 Å². The van der Waals surface area contributed by atoms with Crippen molar-refractivity contribution in [2.75, 3.05) is 5.32 Å². The molecule has 0 radical (unpaired) electrons. The third-order valence-electron chi connectivity index (χ3n) is 2.90. The summed E-state index contributed by atoms with van der Waals surface area (Å²) in [5, 5.41) is 5.35. The van der Waals surface area contributed by atoms with E-state index in [1.54, 1.807) is 0 Å². The Morgan fingerprint density at radius 3 is 2.72 bits per heavy atom. The van der Waals surface area contributed by atoms with Crippen LogP contribution in [0.5, 0.6) is 0 Å². The molecule has 2 nitrogen and oxygen atoms in total. The van der Waals surface area contributed by atoms with Gasteiger partial charge in [-0.25, -0.2) is 0 Å². The molecule has 0 aliphatic carbocycles. The third-order valence-corrected chi connectivity index (χ3v) is 3.14. The minimum atomic E-state index is 0.757. The lowest BCUT2D eigenvalue weighted by Gasteiger charge is -2.04. The van der Waals surface area contributed by atoms with Crippen LogP contribution < -0.4 is 5.32 Å². The van der Waals surface area contributed by atoms with Gasteiger partial charge >= 0.3 is 0 Å². The number of aromatic amines is 1. The van der Waals surface area contributed by atoms with E-state index in [2.05, 4.69) is 34.6 Å². The molecule has 2 aromatic carbocycles. The zero-order valence-corrected chi connectivity index (χ0v) is 10.5. The van der Waals surface area contributed by atoms with Crippen LogP contribution in [0.25, 0.3) is 10.9 Å². The molecular formula is C15H13ClN2. The predicted molar refractivity (Wildman–Crippen MR) is 77.1 cm³/mol. The summed E-state index contributed by atoms with van der Waals surface area (Å²) in [5.74, 6) is 1.02. The second-order valence-corrected chi connectivity index (χ2v) is 4.69. The summed E-state index contributed by atoms with van der Waals surface area (Å²) in [6, 6.07) is 18.2.